The normalized spacial score (nSPS) is 15.9. The summed E-state index contributed by atoms with van der Waals surface area (Å²) < 4.78 is 7.78. The summed E-state index contributed by atoms with van der Waals surface area (Å²) in [6.45, 7) is 3.43. The van der Waals surface area contributed by atoms with Crippen LogP contribution in [0.15, 0.2) is 66.9 Å². The standard InChI is InChI=1S/C22H23N3O2/c1-16-9-11-17(12-10-16)23-22(26)25-15-14-24-13-5-7-19(24)21(25)18-6-3-4-8-20(18)27-2/h3-13,21H,14-15H2,1-2H3,(H,23,26). The van der Waals surface area contributed by atoms with Crippen molar-refractivity contribution in [1.82, 2.24) is 9.47 Å². The van der Waals surface area contributed by atoms with Gasteiger partial charge in [0, 0.05) is 36.2 Å². The minimum atomic E-state index is -0.199. The molecule has 27 heavy (non-hydrogen) atoms. The molecule has 1 N–H and O–H groups in total. The topological polar surface area (TPSA) is 46.5 Å². The van der Waals surface area contributed by atoms with Crippen molar-refractivity contribution in [3.8, 4) is 5.75 Å². The number of nitrogens with zero attached hydrogens (tertiary/aromatic N) is 2. The number of para-hydroxylation sites is 1. The van der Waals surface area contributed by atoms with Gasteiger partial charge < -0.3 is 19.5 Å². The number of hydrogen-bond acceptors (Lipinski definition) is 2. The van der Waals surface area contributed by atoms with E-state index >= 15 is 0 Å². The second-order valence-electron chi connectivity index (χ2n) is 6.76. The fourth-order valence-corrected chi connectivity index (χ4v) is 3.65. The van der Waals surface area contributed by atoms with Crippen LogP contribution >= 0.6 is 0 Å². The summed E-state index contributed by atoms with van der Waals surface area (Å²) in [5.41, 5.74) is 4.03. The van der Waals surface area contributed by atoms with E-state index in [0.29, 0.717) is 6.54 Å². The number of fused-ring (bicyclic) bond motifs is 1. The predicted octanol–water partition coefficient (Wildman–Crippen LogP) is 4.44. The Morgan fingerprint density at radius 2 is 1.81 bits per heavy atom. The molecule has 0 bridgehead atoms. The average molecular weight is 361 g/mol. The summed E-state index contributed by atoms with van der Waals surface area (Å²) in [5.74, 6) is 0.783. The Labute approximate surface area is 159 Å². The monoisotopic (exact) mass is 361 g/mol. The van der Waals surface area contributed by atoms with Gasteiger partial charge >= 0.3 is 6.03 Å². The van der Waals surface area contributed by atoms with Crippen LogP contribution in [0.25, 0.3) is 0 Å². The van der Waals surface area contributed by atoms with Crippen LogP contribution in [0.2, 0.25) is 0 Å². The van der Waals surface area contributed by atoms with Crippen molar-refractivity contribution in [2.75, 3.05) is 19.0 Å². The Morgan fingerprint density at radius 1 is 1.04 bits per heavy atom. The van der Waals surface area contributed by atoms with Gasteiger partial charge in [0.15, 0.2) is 0 Å². The quantitative estimate of drug-likeness (QED) is 0.749. The van der Waals surface area contributed by atoms with Crippen LogP contribution in [0.3, 0.4) is 0 Å². The lowest BCUT2D eigenvalue weighted by Crippen LogP contribution is -2.44. The molecule has 2 aromatic carbocycles. The Morgan fingerprint density at radius 3 is 2.59 bits per heavy atom. The number of urea groups is 1. The second kappa shape index (κ2) is 7.19. The maximum Gasteiger partial charge on any atom is 0.322 e. The van der Waals surface area contributed by atoms with Crippen LogP contribution < -0.4 is 10.1 Å². The summed E-state index contributed by atoms with van der Waals surface area (Å²) in [6.07, 6.45) is 2.06. The van der Waals surface area contributed by atoms with E-state index in [-0.39, 0.29) is 12.1 Å². The highest BCUT2D eigenvalue weighted by molar-refractivity contribution is 5.90. The summed E-state index contributed by atoms with van der Waals surface area (Å²) in [4.78, 5) is 15.0. The first-order valence-electron chi connectivity index (χ1n) is 9.09. The van der Waals surface area contributed by atoms with Crippen LogP contribution in [0.5, 0.6) is 5.75 Å². The third-order valence-corrected chi connectivity index (χ3v) is 5.04. The third kappa shape index (κ3) is 3.28. The molecule has 4 rings (SSSR count). The molecule has 1 atom stereocenters. The maximum absolute atomic E-state index is 13.1. The number of hydrogen-bond donors (Lipinski definition) is 1. The smallest absolute Gasteiger partial charge is 0.322 e. The summed E-state index contributed by atoms with van der Waals surface area (Å²) in [5, 5.41) is 3.04. The lowest BCUT2D eigenvalue weighted by Gasteiger charge is -2.37. The first kappa shape index (κ1) is 17.2. The fourth-order valence-electron chi connectivity index (χ4n) is 3.65. The van der Waals surface area contributed by atoms with E-state index in [0.717, 1.165) is 34.8 Å². The minimum Gasteiger partial charge on any atom is -0.496 e. The number of nitrogens with one attached hydrogen (secondary N) is 1. The summed E-state index contributed by atoms with van der Waals surface area (Å²) in [6, 6.07) is 19.5. The molecule has 0 saturated carbocycles. The van der Waals surface area contributed by atoms with Crippen molar-refractivity contribution >= 4 is 11.7 Å². The molecule has 1 aliphatic rings. The lowest BCUT2D eigenvalue weighted by atomic mass is 9.99. The molecule has 2 amide bonds. The van der Waals surface area contributed by atoms with Crippen molar-refractivity contribution < 1.29 is 9.53 Å². The van der Waals surface area contributed by atoms with Crippen LogP contribution in [0, 0.1) is 6.92 Å². The number of benzene rings is 2. The molecule has 3 aromatic rings. The first-order chi connectivity index (χ1) is 13.2. The van der Waals surface area contributed by atoms with Crippen molar-refractivity contribution in [1.29, 1.82) is 0 Å². The van der Waals surface area contributed by atoms with Gasteiger partial charge in [0.1, 0.15) is 11.8 Å². The molecule has 5 heteroatoms. The summed E-state index contributed by atoms with van der Waals surface area (Å²) >= 11 is 0. The number of methoxy groups -OCH3 is 1. The van der Waals surface area contributed by atoms with Crippen LogP contribution in [0.1, 0.15) is 22.9 Å². The molecule has 0 aliphatic carbocycles. The highest BCUT2D eigenvalue weighted by Crippen LogP contribution is 2.37. The molecule has 0 radical (unpaired) electrons. The zero-order valence-electron chi connectivity index (χ0n) is 15.6. The zero-order valence-corrected chi connectivity index (χ0v) is 15.6. The van der Waals surface area contributed by atoms with Crippen molar-refractivity contribution in [3.05, 3.63) is 83.7 Å². The van der Waals surface area contributed by atoms with Crippen LogP contribution in [-0.4, -0.2) is 29.2 Å². The van der Waals surface area contributed by atoms with Crippen LogP contribution in [0.4, 0.5) is 10.5 Å². The van der Waals surface area contributed by atoms with E-state index in [2.05, 4.69) is 22.1 Å². The number of aromatic nitrogens is 1. The molecule has 2 heterocycles. The van der Waals surface area contributed by atoms with E-state index in [4.69, 9.17) is 4.74 Å². The van der Waals surface area contributed by atoms with Gasteiger partial charge in [-0.15, -0.1) is 0 Å². The van der Waals surface area contributed by atoms with Crippen molar-refractivity contribution in [2.24, 2.45) is 0 Å². The molecular formula is C22H23N3O2. The van der Waals surface area contributed by atoms with E-state index in [9.17, 15) is 4.79 Å². The van der Waals surface area contributed by atoms with Gasteiger partial charge in [0.05, 0.1) is 7.11 Å². The maximum atomic E-state index is 13.1. The zero-order chi connectivity index (χ0) is 18.8. The molecule has 138 valence electrons. The van der Waals surface area contributed by atoms with E-state index in [1.165, 1.54) is 0 Å². The first-order valence-corrected chi connectivity index (χ1v) is 9.09. The number of carbonyl (C=O) groups excluding carboxylic acids is 1. The number of amides is 2. The SMILES string of the molecule is COc1ccccc1C1c2cccn2CCN1C(=O)Nc1ccc(C)cc1. The lowest BCUT2D eigenvalue weighted by molar-refractivity contribution is 0.180. The number of anilines is 1. The minimum absolute atomic E-state index is 0.109. The van der Waals surface area contributed by atoms with Gasteiger partial charge in [-0.1, -0.05) is 35.9 Å². The molecule has 1 aliphatic heterocycles. The molecule has 0 spiro atoms. The van der Waals surface area contributed by atoms with E-state index < -0.39 is 0 Å². The molecular weight excluding hydrogens is 338 g/mol. The van der Waals surface area contributed by atoms with Gasteiger partial charge in [-0.05, 0) is 37.3 Å². The highest BCUT2D eigenvalue weighted by Gasteiger charge is 2.33. The van der Waals surface area contributed by atoms with Crippen molar-refractivity contribution in [2.45, 2.75) is 19.5 Å². The Balaban J connectivity index is 1.70. The largest absolute Gasteiger partial charge is 0.496 e. The molecule has 0 fully saturated rings. The average Bonchev–Trinajstić information content (AvgIpc) is 3.17. The number of carbonyl (C=O) groups is 1. The number of aryl methyl sites for hydroxylation is 1. The van der Waals surface area contributed by atoms with Gasteiger partial charge in [-0.25, -0.2) is 4.79 Å². The molecule has 0 saturated heterocycles. The Hall–Kier alpha value is -3.21. The second-order valence-corrected chi connectivity index (χ2v) is 6.76. The number of ether oxygens (including phenoxy) is 1. The van der Waals surface area contributed by atoms with Gasteiger partial charge in [0.2, 0.25) is 0 Å². The van der Waals surface area contributed by atoms with Crippen LogP contribution in [-0.2, 0) is 6.54 Å². The van der Waals surface area contributed by atoms with E-state index in [1.54, 1.807) is 7.11 Å². The molecule has 5 nitrogen and oxygen atoms in total. The van der Waals surface area contributed by atoms with Gasteiger partial charge in [-0.3, -0.25) is 0 Å². The van der Waals surface area contributed by atoms with Gasteiger partial charge in [0.25, 0.3) is 0 Å². The van der Waals surface area contributed by atoms with Crippen molar-refractivity contribution in [3.63, 3.8) is 0 Å². The molecule has 1 aromatic heterocycles. The van der Waals surface area contributed by atoms with Gasteiger partial charge in [-0.2, -0.15) is 0 Å². The molecule has 1 unspecified atom stereocenters. The number of rotatable bonds is 3. The predicted molar refractivity (Wildman–Crippen MR) is 106 cm³/mol. The highest BCUT2D eigenvalue weighted by atomic mass is 16.5. The summed E-state index contributed by atoms with van der Waals surface area (Å²) in [7, 11) is 1.66. The Kier molecular flexibility index (Phi) is 4.59. The Bertz CT molecular complexity index is 946. The third-order valence-electron chi connectivity index (χ3n) is 5.04. The van der Waals surface area contributed by atoms with E-state index in [1.807, 2.05) is 66.4 Å². The fraction of sp³-hybridized carbons (Fsp3) is 0.227.